The molecule has 1 N–H and O–H groups in total. The van der Waals surface area contributed by atoms with Crippen molar-refractivity contribution in [3.05, 3.63) is 52.3 Å². The number of H-pyrrole nitrogens is 1. The Labute approximate surface area is 140 Å². The van der Waals surface area contributed by atoms with Crippen molar-refractivity contribution in [1.29, 1.82) is 0 Å². The molecule has 7 nitrogen and oxygen atoms in total. The molecule has 0 aliphatic carbocycles. The molecule has 1 fully saturated rings. The number of nitrogens with one attached hydrogen (secondary N) is 1. The quantitative estimate of drug-likeness (QED) is 0.916. The van der Waals surface area contributed by atoms with E-state index in [2.05, 4.69) is 19.9 Å². The molecule has 7 heteroatoms. The van der Waals surface area contributed by atoms with Crippen molar-refractivity contribution in [3.8, 4) is 0 Å². The van der Waals surface area contributed by atoms with Gasteiger partial charge in [-0.05, 0) is 38.0 Å². The minimum Gasteiger partial charge on any atom is -0.355 e. The highest BCUT2D eigenvalue weighted by Gasteiger charge is 2.28. The maximum Gasteiger partial charge on any atom is 0.345 e. The van der Waals surface area contributed by atoms with Gasteiger partial charge < -0.3 is 14.8 Å². The first-order valence-corrected chi connectivity index (χ1v) is 8.05. The SMILES string of the molecule is Cc1cc(C(=O)N(C)[C@H]2CCCN(c3ccccn3)C2)nc(=O)[nH]1. The first kappa shape index (κ1) is 16.2. The molecule has 0 saturated carbocycles. The minimum absolute atomic E-state index is 0.0645. The standard InChI is InChI=1S/C17H21N5O2/c1-12-10-14(20-17(24)19-12)16(23)21(2)13-6-5-9-22(11-13)15-7-3-4-8-18-15/h3-4,7-8,10,13H,5-6,9,11H2,1-2H3,(H,19,20,24)/t13-/m0/s1. The van der Waals surface area contributed by atoms with Crippen LogP contribution in [0.1, 0.15) is 29.0 Å². The smallest absolute Gasteiger partial charge is 0.345 e. The van der Waals surface area contributed by atoms with Gasteiger partial charge in [-0.3, -0.25) is 4.79 Å². The summed E-state index contributed by atoms with van der Waals surface area (Å²) in [6.45, 7) is 3.39. The summed E-state index contributed by atoms with van der Waals surface area (Å²) in [5.41, 5.74) is 0.324. The van der Waals surface area contributed by atoms with E-state index in [0.29, 0.717) is 5.69 Å². The summed E-state index contributed by atoms with van der Waals surface area (Å²) in [6.07, 6.45) is 3.69. The second kappa shape index (κ2) is 6.82. The van der Waals surface area contributed by atoms with Crippen LogP contribution in [-0.4, -0.2) is 51.9 Å². The van der Waals surface area contributed by atoms with Crippen LogP contribution >= 0.6 is 0 Å². The van der Waals surface area contributed by atoms with Crippen molar-refractivity contribution in [2.75, 3.05) is 25.0 Å². The zero-order valence-corrected chi connectivity index (χ0v) is 13.9. The summed E-state index contributed by atoms with van der Waals surface area (Å²) >= 11 is 0. The number of hydrogen-bond donors (Lipinski definition) is 1. The third-order valence-corrected chi connectivity index (χ3v) is 4.34. The van der Waals surface area contributed by atoms with E-state index in [-0.39, 0.29) is 17.6 Å². The van der Waals surface area contributed by atoms with Gasteiger partial charge in [0.1, 0.15) is 11.5 Å². The van der Waals surface area contributed by atoms with Gasteiger partial charge in [0.2, 0.25) is 0 Å². The molecular weight excluding hydrogens is 306 g/mol. The molecule has 1 aliphatic heterocycles. The molecule has 3 rings (SSSR count). The van der Waals surface area contributed by atoms with Crippen molar-refractivity contribution >= 4 is 11.7 Å². The lowest BCUT2D eigenvalue weighted by Crippen LogP contribution is -2.49. The number of rotatable bonds is 3. The molecule has 1 saturated heterocycles. The summed E-state index contributed by atoms with van der Waals surface area (Å²) in [4.78, 5) is 38.8. The Morgan fingerprint density at radius 2 is 2.25 bits per heavy atom. The van der Waals surface area contributed by atoms with Crippen LogP contribution in [-0.2, 0) is 0 Å². The summed E-state index contributed by atoms with van der Waals surface area (Å²) in [7, 11) is 1.77. The highest BCUT2D eigenvalue weighted by molar-refractivity contribution is 5.92. The Bertz CT molecular complexity index is 774. The van der Waals surface area contributed by atoms with Crippen LogP contribution in [0.5, 0.6) is 0 Å². The number of carbonyl (C=O) groups excluding carboxylic acids is 1. The predicted octanol–water partition coefficient (Wildman–Crippen LogP) is 1.21. The maximum atomic E-state index is 12.7. The average Bonchev–Trinajstić information content (AvgIpc) is 2.60. The van der Waals surface area contributed by atoms with Crippen LogP contribution in [0, 0.1) is 6.92 Å². The number of amides is 1. The molecule has 0 unspecified atom stereocenters. The average molecular weight is 327 g/mol. The molecule has 0 bridgehead atoms. The lowest BCUT2D eigenvalue weighted by atomic mass is 10.0. The number of hydrogen-bond acceptors (Lipinski definition) is 5. The van der Waals surface area contributed by atoms with Gasteiger partial charge in [-0.15, -0.1) is 0 Å². The molecule has 126 valence electrons. The van der Waals surface area contributed by atoms with Gasteiger partial charge in [0.25, 0.3) is 5.91 Å². The molecule has 3 heterocycles. The third-order valence-electron chi connectivity index (χ3n) is 4.34. The lowest BCUT2D eigenvalue weighted by Gasteiger charge is -2.38. The van der Waals surface area contributed by atoms with Crippen LogP contribution in [0.15, 0.2) is 35.3 Å². The Morgan fingerprint density at radius 3 is 2.96 bits per heavy atom. The fraction of sp³-hybridized carbons (Fsp3) is 0.412. The fourth-order valence-corrected chi connectivity index (χ4v) is 3.06. The highest BCUT2D eigenvalue weighted by atomic mass is 16.2. The molecule has 2 aromatic heterocycles. The first-order valence-electron chi connectivity index (χ1n) is 8.05. The molecule has 1 aliphatic rings. The van der Waals surface area contributed by atoms with E-state index in [4.69, 9.17) is 0 Å². The number of aromatic nitrogens is 3. The van der Waals surface area contributed by atoms with Gasteiger partial charge in [-0.1, -0.05) is 6.07 Å². The van der Waals surface area contributed by atoms with Gasteiger partial charge in [0, 0.05) is 38.1 Å². The molecule has 1 atom stereocenters. The minimum atomic E-state index is -0.495. The van der Waals surface area contributed by atoms with E-state index >= 15 is 0 Å². The van der Waals surface area contributed by atoms with Crippen molar-refractivity contribution in [2.24, 2.45) is 0 Å². The normalized spacial score (nSPS) is 17.6. The van der Waals surface area contributed by atoms with Crippen molar-refractivity contribution in [1.82, 2.24) is 19.9 Å². The van der Waals surface area contributed by atoms with Crippen LogP contribution in [0.25, 0.3) is 0 Å². The zero-order chi connectivity index (χ0) is 17.1. The Kier molecular flexibility index (Phi) is 4.59. The number of anilines is 1. The first-order chi connectivity index (χ1) is 11.5. The number of nitrogens with zero attached hydrogens (tertiary/aromatic N) is 4. The molecule has 1 amide bonds. The number of aromatic amines is 1. The molecule has 24 heavy (non-hydrogen) atoms. The van der Waals surface area contributed by atoms with Crippen LogP contribution < -0.4 is 10.6 Å². The number of pyridine rings is 1. The van der Waals surface area contributed by atoms with Gasteiger partial charge in [0.05, 0.1) is 0 Å². The van der Waals surface area contributed by atoms with Crippen LogP contribution in [0.3, 0.4) is 0 Å². The summed E-state index contributed by atoms with van der Waals surface area (Å²) < 4.78 is 0. The van der Waals surface area contributed by atoms with E-state index in [0.717, 1.165) is 31.7 Å². The number of piperidine rings is 1. The Hall–Kier alpha value is -2.70. The lowest BCUT2D eigenvalue weighted by molar-refractivity contribution is 0.0710. The number of aryl methyl sites for hydroxylation is 1. The molecule has 2 aromatic rings. The van der Waals surface area contributed by atoms with Crippen molar-refractivity contribution in [3.63, 3.8) is 0 Å². The van der Waals surface area contributed by atoms with Crippen LogP contribution in [0.4, 0.5) is 5.82 Å². The van der Waals surface area contributed by atoms with Gasteiger partial charge in [0.15, 0.2) is 0 Å². The second-order valence-electron chi connectivity index (χ2n) is 6.10. The van der Waals surface area contributed by atoms with Crippen molar-refractivity contribution in [2.45, 2.75) is 25.8 Å². The van der Waals surface area contributed by atoms with Gasteiger partial charge in [-0.25, -0.2) is 9.78 Å². The zero-order valence-electron chi connectivity index (χ0n) is 13.9. The van der Waals surface area contributed by atoms with Crippen LogP contribution in [0.2, 0.25) is 0 Å². The van der Waals surface area contributed by atoms with E-state index in [9.17, 15) is 9.59 Å². The summed E-state index contributed by atoms with van der Waals surface area (Å²) in [5, 5.41) is 0. The fourth-order valence-electron chi connectivity index (χ4n) is 3.06. The third kappa shape index (κ3) is 3.45. The van der Waals surface area contributed by atoms with E-state index < -0.39 is 5.69 Å². The van der Waals surface area contributed by atoms with Gasteiger partial charge in [-0.2, -0.15) is 4.98 Å². The largest absolute Gasteiger partial charge is 0.355 e. The summed E-state index contributed by atoms with van der Waals surface area (Å²) in [5.74, 6) is 0.699. The Morgan fingerprint density at radius 1 is 1.42 bits per heavy atom. The topological polar surface area (TPSA) is 82.2 Å². The molecule has 0 aromatic carbocycles. The van der Waals surface area contributed by atoms with Crippen molar-refractivity contribution < 1.29 is 4.79 Å². The van der Waals surface area contributed by atoms with Gasteiger partial charge >= 0.3 is 5.69 Å². The maximum absolute atomic E-state index is 12.7. The molecule has 0 radical (unpaired) electrons. The number of likely N-dealkylation sites (N-methyl/N-ethyl adjacent to an activating group) is 1. The number of carbonyl (C=O) groups is 1. The second-order valence-corrected chi connectivity index (χ2v) is 6.10. The van der Waals surface area contributed by atoms with E-state index in [1.54, 1.807) is 31.1 Å². The van der Waals surface area contributed by atoms with E-state index in [1.165, 1.54) is 0 Å². The Balaban J connectivity index is 1.75. The summed E-state index contributed by atoms with van der Waals surface area (Å²) in [6, 6.07) is 7.51. The monoisotopic (exact) mass is 327 g/mol. The highest BCUT2D eigenvalue weighted by Crippen LogP contribution is 2.20. The molecule has 0 spiro atoms. The molecular formula is C17H21N5O2. The predicted molar refractivity (Wildman–Crippen MR) is 91.2 cm³/mol. The van der Waals surface area contributed by atoms with E-state index in [1.807, 2.05) is 18.2 Å².